The number of rotatable bonds is 9. The van der Waals surface area contributed by atoms with Crippen LogP contribution in [0.3, 0.4) is 0 Å². The number of anilines is 3. The Morgan fingerprint density at radius 1 is 0.867 bits per heavy atom. The normalized spacial score (nSPS) is 11.5. The van der Waals surface area contributed by atoms with E-state index in [0.717, 1.165) is 0 Å². The van der Waals surface area contributed by atoms with Crippen LogP contribution in [0.1, 0.15) is 5.69 Å². The molecule has 154 valence electrons. The van der Waals surface area contributed by atoms with E-state index in [1.807, 2.05) is 24.3 Å². The fourth-order valence-corrected chi connectivity index (χ4v) is 3.81. The molecule has 3 aromatic heterocycles. The van der Waals surface area contributed by atoms with Crippen molar-refractivity contribution in [3.63, 3.8) is 0 Å². The minimum absolute atomic E-state index is 0.188. The Labute approximate surface area is 172 Å². The highest BCUT2D eigenvalue weighted by Gasteiger charge is 2.16. The van der Waals surface area contributed by atoms with Crippen LogP contribution in [0.15, 0.2) is 65.3 Å². The Hall–Kier alpha value is -3.57. The standard InChI is InChI=1S/C19H19N7O3S/c27-30(28,13-15-14-5-1-2-6-16(14)29-26-15)22-12-11-21-18-8-9-19(25-24-18)23-17-7-3-4-10-20-17/h1-10,22H,11-13H2,(H,21,24)(H,20,23,25). The molecule has 0 saturated heterocycles. The predicted octanol–water partition coefficient (Wildman–Crippen LogP) is 2.29. The summed E-state index contributed by atoms with van der Waals surface area (Å²) in [6.07, 6.45) is 1.68. The van der Waals surface area contributed by atoms with E-state index >= 15 is 0 Å². The Balaban J connectivity index is 1.25. The van der Waals surface area contributed by atoms with Gasteiger partial charge in [-0.05, 0) is 36.4 Å². The third-order valence-electron chi connectivity index (χ3n) is 4.12. The van der Waals surface area contributed by atoms with Gasteiger partial charge < -0.3 is 15.2 Å². The van der Waals surface area contributed by atoms with Crippen LogP contribution in [0.2, 0.25) is 0 Å². The van der Waals surface area contributed by atoms with Crippen molar-refractivity contribution in [2.24, 2.45) is 0 Å². The van der Waals surface area contributed by atoms with Gasteiger partial charge in [0.25, 0.3) is 0 Å². The molecule has 0 aliphatic heterocycles. The number of hydrogen-bond acceptors (Lipinski definition) is 9. The summed E-state index contributed by atoms with van der Waals surface area (Å²) in [4.78, 5) is 4.15. The third kappa shape index (κ3) is 5.07. The van der Waals surface area contributed by atoms with Crippen molar-refractivity contribution in [1.29, 1.82) is 0 Å². The van der Waals surface area contributed by atoms with Gasteiger partial charge in [-0.1, -0.05) is 23.4 Å². The molecular weight excluding hydrogens is 406 g/mol. The maximum atomic E-state index is 12.3. The molecule has 11 heteroatoms. The van der Waals surface area contributed by atoms with Crippen molar-refractivity contribution < 1.29 is 12.9 Å². The maximum Gasteiger partial charge on any atom is 0.217 e. The van der Waals surface area contributed by atoms with Crippen molar-refractivity contribution in [2.75, 3.05) is 23.7 Å². The van der Waals surface area contributed by atoms with Gasteiger partial charge in [0.05, 0.1) is 0 Å². The summed E-state index contributed by atoms with van der Waals surface area (Å²) in [5, 5.41) is 18.7. The minimum atomic E-state index is -3.56. The number of pyridine rings is 1. The Kier molecular flexibility index (Phi) is 5.82. The summed E-state index contributed by atoms with van der Waals surface area (Å²) in [6, 6.07) is 16.2. The number of nitrogens with zero attached hydrogens (tertiary/aromatic N) is 4. The highest BCUT2D eigenvalue weighted by atomic mass is 32.2. The van der Waals surface area contributed by atoms with Crippen molar-refractivity contribution >= 4 is 38.4 Å². The molecule has 4 rings (SSSR count). The molecule has 0 aliphatic rings. The second kappa shape index (κ2) is 8.84. The van der Waals surface area contributed by atoms with Crippen molar-refractivity contribution in [3.05, 3.63) is 66.5 Å². The van der Waals surface area contributed by atoms with E-state index in [1.165, 1.54) is 0 Å². The van der Waals surface area contributed by atoms with Crippen LogP contribution in [0.4, 0.5) is 17.5 Å². The number of nitrogens with one attached hydrogen (secondary N) is 3. The summed E-state index contributed by atoms with van der Waals surface area (Å²) in [7, 11) is -3.56. The summed E-state index contributed by atoms with van der Waals surface area (Å²) < 4.78 is 32.3. The molecular formula is C19H19N7O3S. The van der Waals surface area contributed by atoms with E-state index in [4.69, 9.17) is 4.52 Å². The zero-order chi connectivity index (χ0) is 20.8. The lowest BCUT2D eigenvalue weighted by Gasteiger charge is -2.08. The van der Waals surface area contributed by atoms with Crippen molar-refractivity contribution in [2.45, 2.75) is 5.75 Å². The molecule has 3 N–H and O–H groups in total. The van der Waals surface area contributed by atoms with E-state index in [2.05, 4.69) is 35.7 Å². The molecule has 0 radical (unpaired) electrons. The highest BCUT2D eigenvalue weighted by molar-refractivity contribution is 7.88. The Morgan fingerprint density at radius 3 is 2.47 bits per heavy atom. The van der Waals surface area contributed by atoms with E-state index in [1.54, 1.807) is 36.5 Å². The van der Waals surface area contributed by atoms with Gasteiger partial charge in [0.2, 0.25) is 10.0 Å². The number of benzene rings is 1. The van der Waals surface area contributed by atoms with E-state index in [0.29, 0.717) is 40.7 Å². The number of fused-ring (bicyclic) bond motifs is 1. The molecule has 0 saturated carbocycles. The zero-order valence-corrected chi connectivity index (χ0v) is 16.6. The summed E-state index contributed by atoms with van der Waals surface area (Å²) in [5.74, 6) is 1.50. The van der Waals surface area contributed by atoms with Gasteiger partial charge in [0.15, 0.2) is 11.4 Å². The summed E-state index contributed by atoms with van der Waals surface area (Å²) in [5.41, 5.74) is 0.942. The van der Waals surface area contributed by atoms with E-state index in [9.17, 15) is 8.42 Å². The maximum absolute atomic E-state index is 12.3. The van der Waals surface area contributed by atoms with E-state index < -0.39 is 10.0 Å². The molecule has 0 unspecified atom stereocenters. The fourth-order valence-electron chi connectivity index (χ4n) is 2.73. The molecule has 30 heavy (non-hydrogen) atoms. The number of sulfonamides is 1. The van der Waals surface area contributed by atoms with Crippen LogP contribution >= 0.6 is 0 Å². The van der Waals surface area contributed by atoms with Gasteiger partial charge in [-0.2, -0.15) is 0 Å². The third-order valence-corrected chi connectivity index (χ3v) is 5.41. The van der Waals surface area contributed by atoms with E-state index in [-0.39, 0.29) is 12.3 Å². The van der Waals surface area contributed by atoms with Gasteiger partial charge in [-0.3, -0.25) is 0 Å². The largest absolute Gasteiger partial charge is 0.367 e. The molecule has 0 bridgehead atoms. The topological polar surface area (TPSA) is 135 Å². The predicted molar refractivity (Wildman–Crippen MR) is 113 cm³/mol. The average molecular weight is 425 g/mol. The summed E-state index contributed by atoms with van der Waals surface area (Å²) >= 11 is 0. The molecule has 0 fully saturated rings. The van der Waals surface area contributed by atoms with Gasteiger partial charge >= 0.3 is 0 Å². The second-order valence-electron chi connectivity index (χ2n) is 6.35. The first-order valence-corrected chi connectivity index (χ1v) is 10.8. The lowest BCUT2D eigenvalue weighted by Crippen LogP contribution is -2.30. The Morgan fingerprint density at radius 2 is 1.67 bits per heavy atom. The number of hydrogen-bond donors (Lipinski definition) is 3. The van der Waals surface area contributed by atoms with Gasteiger partial charge in [-0.25, -0.2) is 18.1 Å². The fraction of sp³-hybridized carbons (Fsp3) is 0.158. The molecule has 0 aliphatic carbocycles. The second-order valence-corrected chi connectivity index (χ2v) is 8.16. The molecule has 0 amide bonds. The van der Waals surface area contributed by atoms with Crippen molar-refractivity contribution in [1.82, 2.24) is 25.1 Å². The molecule has 0 atom stereocenters. The van der Waals surface area contributed by atoms with Crippen molar-refractivity contribution in [3.8, 4) is 0 Å². The average Bonchev–Trinajstić information content (AvgIpc) is 3.15. The van der Waals surface area contributed by atoms with Crippen LogP contribution in [-0.4, -0.2) is 41.8 Å². The Bertz CT molecular complexity index is 1210. The molecule has 0 spiro atoms. The molecule has 1 aromatic carbocycles. The van der Waals surface area contributed by atoms with Crippen LogP contribution in [-0.2, 0) is 15.8 Å². The summed E-state index contributed by atoms with van der Waals surface area (Å²) in [6.45, 7) is 0.536. The van der Waals surface area contributed by atoms with Crippen LogP contribution in [0.25, 0.3) is 11.0 Å². The number of para-hydroxylation sites is 1. The lowest BCUT2D eigenvalue weighted by atomic mass is 10.2. The molecule has 4 aromatic rings. The van der Waals surface area contributed by atoms with Gasteiger partial charge in [0, 0.05) is 24.7 Å². The number of aromatic nitrogens is 4. The molecule has 10 nitrogen and oxygen atoms in total. The first kappa shape index (κ1) is 19.7. The van der Waals surface area contributed by atoms with Crippen LogP contribution in [0.5, 0.6) is 0 Å². The lowest BCUT2D eigenvalue weighted by molar-refractivity contribution is 0.448. The zero-order valence-electron chi connectivity index (χ0n) is 15.8. The first-order chi connectivity index (χ1) is 14.6. The van der Waals surface area contributed by atoms with Gasteiger partial charge in [0.1, 0.15) is 23.1 Å². The highest BCUT2D eigenvalue weighted by Crippen LogP contribution is 2.19. The van der Waals surface area contributed by atoms with Crippen LogP contribution < -0.4 is 15.4 Å². The monoisotopic (exact) mass is 425 g/mol. The molecule has 3 heterocycles. The first-order valence-electron chi connectivity index (χ1n) is 9.15. The smallest absolute Gasteiger partial charge is 0.217 e. The van der Waals surface area contributed by atoms with Gasteiger partial charge in [-0.15, -0.1) is 10.2 Å². The van der Waals surface area contributed by atoms with Crippen LogP contribution in [0, 0.1) is 0 Å². The minimum Gasteiger partial charge on any atom is -0.367 e. The quantitative estimate of drug-likeness (QED) is 0.345. The SMILES string of the molecule is O=S(=O)(Cc1noc2ccccc12)NCCNc1ccc(Nc2ccccn2)nn1.